The van der Waals surface area contributed by atoms with Crippen molar-refractivity contribution in [2.24, 2.45) is 0 Å². The fourth-order valence-electron chi connectivity index (χ4n) is 3.48. The predicted molar refractivity (Wildman–Crippen MR) is 135 cm³/mol. The van der Waals surface area contributed by atoms with Gasteiger partial charge in [0, 0.05) is 0 Å². The predicted octanol–water partition coefficient (Wildman–Crippen LogP) is 8.58. The molecule has 0 radical (unpaired) electrons. The zero-order chi connectivity index (χ0) is 23.3. The van der Waals surface area contributed by atoms with Crippen LogP contribution in [0.15, 0.2) is 0 Å². The summed E-state index contributed by atoms with van der Waals surface area (Å²) in [5.41, 5.74) is 0. The Labute approximate surface area is 204 Å². The second kappa shape index (κ2) is 21.9. The summed E-state index contributed by atoms with van der Waals surface area (Å²) < 4.78 is 24.3. The van der Waals surface area contributed by atoms with E-state index in [9.17, 15) is 0 Å². The number of hydrogen-bond acceptors (Lipinski definition) is 5. The maximum absolute atomic E-state index is 7.32. The Hall–Kier alpha value is 1.40. The molecule has 0 saturated heterocycles. The van der Waals surface area contributed by atoms with Gasteiger partial charge in [-0.1, -0.05) is 0 Å². The average molecular weight is 660 g/mol. The quantitative estimate of drug-likeness (QED) is 0.0450. The van der Waals surface area contributed by atoms with Crippen molar-refractivity contribution in [3.63, 3.8) is 0 Å². The van der Waals surface area contributed by atoms with Gasteiger partial charge in [-0.25, -0.2) is 0 Å². The first-order valence-corrected chi connectivity index (χ1v) is 26.1. The summed E-state index contributed by atoms with van der Waals surface area (Å²) in [7, 11) is 0. The van der Waals surface area contributed by atoms with E-state index < -0.39 is 38.4 Å². The molecule has 0 aliphatic carbocycles. The van der Waals surface area contributed by atoms with Gasteiger partial charge in [0.25, 0.3) is 0 Å². The second-order valence-electron chi connectivity index (χ2n) is 8.86. The topological polar surface area (TPSA) is 46.2 Å². The molecule has 0 aliphatic heterocycles. The molecule has 0 bridgehead atoms. The minimum atomic E-state index is -3.46. The van der Waals surface area contributed by atoms with E-state index in [0.29, 0.717) is 13.2 Å². The van der Waals surface area contributed by atoms with Gasteiger partial charge < -0.3 is 0 Å². The molecule has 0 unspecified atom stereocenters. The molecule has 0 aliphatic rings. The molecule has 31 heavy (non-hydrogen) atoms. The van der Waals surface area contributed by atoms with E-state index in [1.54, 1.807) is 0 Å². The van der Waals surface area contributed by atoms with Gasteiger partial charge in [0.2, 0.25) is 0 Å². The van der Waals surface area contributed by atoms with Crippen LogP contribution in [0.25, 0.3) is 0 Å². The van der Waals surface area contributed by atoms with Crippen LogP contribution in [0.5, 0.6) is 0 Å². The molecule has 0 atom stereocenters. The van der Waals surface area contributed by atoms with Crippen LogP contribution in [0.3, 0.4) is 0 Å². The first-order valence-electron chi connectivity index (χ1n) is 13.4. The Kier molecular flexibility index (Phi) is 22.9. The summed E-state index contributed by atoms with van der Waals surface area (Å²) in [4.78, 5) is 11.7. The molecule has 0 N–H and O–H groups in total. The third-order valence-electron chi connectivity index (χ3n) is 5.60. The van der Waals surface area contributed by atoms with E-state index in [4.69, 9.17) is 17.6 Å². The first kappa shape index (κ1) is 32.4. The van der Waals surface area contributed by atoms with Crippen molar-refractivity contribution in [3.8, 4) is 0 Å². The van der Waals surface area contributed by atoms with Gasteiger partial charge in [0.1, 0.15) is 0 Å². The summed E-state index contributed by atoms with van der Waals surface area (Å²) in [6, 6.07) is 0. The Morgan fingerprint density at radius 3 is 0.968 bits per heavy atom. The summed E-state index contributed by atoms with van der Waals surface area (Å²) in [6.07, 6.45) is 13.5. The van der Waals surface area contributed by atoms with Crippen LogP contribution in [0.1, 0.15) is 119 Å². The molecular weight excluding hydrogens is 606 g/mol. The van der Waals surface area contributed by atoms with Crippen molar-refractivity contribution >= 4 is 38.4 Å². The van der Waals surface area contributed by atoms with Crippen LogP contribution < -0.4 is 0 Å². The van der Waals surface area contributed by atoms with E-state index in [0.717, 1.165) is 94.8 Å². The molecule has 0 rings (SSSR count). The van der Waals surface area contributed by atoms with Gasteiger partial charge in [-0.05, 0) is 0 Å². The van der Waals surface area contributed by atoms with Crippen LogP contribution in [0, 0.1) is 0 Å². The standard InChI is InChI=1S/2C4H10O2.4C4H9.O.2Sn/c2*1-2-3-4-6-5;4*1-3-4-2;;;/h2*5H,2-4H2,1H3;4*1,3-4H2,2H3;;;/q;;;;;;;2*+1/p-2. The molecule has 0 aromatic carbocycles. The molecule has 7 heteroatoms. The minimum absolute atomic E-state index is 0.664. The van der Waals surface area contributed by atoms with E-state index in [1.165, 1.54) is 0 Å². The molecule has 0 amide bonds. The fraction of sp³-hybridized carbons (Fsp3) is 1.00. The molecule has 0 spiro atoms. The average Bonchev–Trinajstić information content (AvgIpc) is 2.79. The molecule has 0 aromatic rings. The third kappa shape index (κ3) is 15.8. The SMILES string of the molecule is CCCCO[O][Sn]([CH2]CCC)([CH2]CCC)[O][Sn]([CH2]CCC)([CH2]CCC)[O]OCCCC. The molecule has 0 heterocycles. The molecule has 0 fully saturated rings. The van der Waals surface area contributed by atoms with Gasteiger partial charge in [-0.2, -0.15) is 0 Å². The third-order valence-corrected chi connectivity index (χ3v) is 37.1. The summed E-state index contributed by atoms with van der Waals surface area (Å²) in [5.74, 6) is 0. The van der Waals surface area contributed by atoms with Gasteiger partial charge in [0.15, 0.2) is 0 Å². The van der Waals surface area contributed by atoms with Crippen molar-refractivity contribution in [2.75, 3.05) is 13.2 Å². The van der Waals surface area contributed by atoms with E-state index >= 15 is 0 Å². The summed E-state index contributed by atoms with van der Waals surface area (Å²) >= 11 is -6.92. The molecule has 0 saturated carbocycles. The Morgan fingerprint density at radius 2 is 0.710 bits per heavy atom. The number of hydrogen-bond donors (Lipinski definition) is 0. The Bertz CT molecular complexity index is 335. The van der Waals surface area contributed by atoms with Crippen LogP contribution in [-0.2, 0) is 17.6 Å². The van der Waals surface area contributed by atoms with Crippen LogP contribution in [0.4, 0.5) is 0 Å². The summed E-state index contributed by atoms with van der Waals surface area (Å²) in [6.45, 7) is 14.7. The summed E-state index contributed by atoms with van der Waals surface area (Å²) in [5, 5.41) is 0. The van der Waals surface area contributed by atoms with E-state index in [-0.39, 0.29) is 0 Å². The fourth-order valence-corrected chi connectivity index (χ4v) is 43.1. The van der Waals surface area contributed by atoms with Crippen LogP contribution in [0.2, 0.25) is 17.7 Å². The zero-order valence-corrected chi connectivity index (χ0v) is 27.5. The van der Waals surface area contributed by atoms with Gasteiger partial charge in [0.05, 0.1) is 0 Å². The van der Waals surface area contributed by atoms with Crippen LogP contribution in [-0.4, -0.2) is 51.6 Å². The van der Waals surface area contributed by atoms with Gasteiger partial charge in [-0.15, -0.1) is 0 Å². The zero-order valence-electron chi connectivity index (χ0n) is 21.8. The van der Waals surface area contributed by atoms with Crippen molar-refractivity contribution in [3.05, 3.63) is 0 Å². The second-order valence-corrected chi connectivity index (χ2v) is 30.4. The number of rotatable bonds is 24. The Morgan fingerprint density at radius 1 is 0.419 bits per heavy atom. The molecular formula is C24H54O5Sn2. The van der Waals surface area contributed by atoms with E-state index in [1.807, 2.05) is 0 Å². The molecule has 5 nitrogen and oxygen atoms in total. The normalized spacial score (nSPS) is 12.6. The van der Waals surface area contributed by atoms with Crippen molar-refractivity contribution in [1.29, 1.82) is 0 Å². The molecule has 188 valence electrons. The number of unbranched alkanes of at least 4 members (excludes halogenated alkanes) is 6. The van der Waals surface area contributed by atoms with Gasteiger partial charge >= 0.3 is 206 Å². The van der Waals surface area contributed by atoms with Crippen molar-refractivity contribution in [1.82, 2.24) is 0 Å². The van der Waals surface area contributed by atoms with Crippen LogP contribution >= 0.6 is 0 Å². The van der Waals surface area contributed by atoms with Gasteiger partial charge in [-0.3, -0.25) is 0 Å². The Balaban J connectivity index is 5.72. The van der Waals surface area contributed by atoms with Crippen molar-refractivity contribution < 1.29 is 17.6 Å². The first-order chi connectivity index (χ1) is 15.1. The monoisotopic (exact) mass is 662 g/mol. The maximum atomic E-state index is 7.32. The molecule has 0 aromatic heterocycles. The van der Waals surface area contributed by atoms with Crippen molar-refractivity contribution in [2.45, 2.75) is 136 Å². The van der Waals surface area contributed by atoms with E-state index in [2.05, 4.69) is 41.5 Å².